The van der Waals surface area contributed by atoms with Crippen LogP contribution in [0.5, 0.6) is 5.75 Å². The van der Waals surface area contributed by atoms with Gasteiger partial charge in [-0.2, -0.15) is 0 Å². The standard InChI is InChI=1S/C25H33BrN2O2.C13H14O/c1-18(2)25(29)27-23-6-4-5-21(17-23)19-11-14-28(15-12-19)16-13-24(30-3)20-7-9-22(26)10-8-20;1-3-4-6-9-12(2)14-13-10-7-5-8-11-13/h4-10,17-19,24H,11-16H2,1-3H3,(H,27,29);3-11H,2H2,1H3/b;4-3-,9-6-. The quantitative estimate of drug-likeness (QED) is 0.155. The van der Waals surface area contributed by atoms with E-state index in [1.165, 1.54) is 11.1 Å². The number of benzene rings is 3. The second-order valence-electron chi connectivity index (χ2n) is 11.2. The number of amides is 1. The summed E-state index contributed by atoms with van der Waals surface area (Å²) in [4.78, 5) is 14.5. The lowest BCUT2D eigenvalue weighted by atomic mass is 9.89. The summed E-state index contributed by atoms with van der Waals surface area (Å²) in [6, 6.07) is 26.4. The molecular formula is C38H47BrN2O3. The van der Waals surface area contributed by atoms with E-state index in [4.69, 9.17) is 9.47 Å². The van der Waals surface area contributed by atoms with Crippen LogP contribution in [0.2, 0.25) is 0 Å². The van der Waals surface area contributed by atoms with Crippen molar-refractivity contribution in [2.45, 2.75) is 52.1 Å². The summed E-state index contributed by atoms with van der Waals surface area (Å²) in [6.07, 6.45) is 11.0. The van der Waals surface area contributed by atoms with Crippen molar-refractivity contribution in [2.24, 2.45) is 5.92 Å². The number of allylic oxidation sites excluding steroid dienone is 4. The van der Waals surface area contributed by atoms with Gasteiger partial charge in [0, 0.05) is 29.7 Å². The Bertz CT molecular complexity index is 1340. The summed E-state index contributed by atoms with van der Waals surface area (Å²) < 4.78 is 12.3. The Morgan fingerprint density at radius 2 is 1.73 bits per heavy atom. The number of methoxy groups -OCH3 is 1. The van der Waals surface area contributed by atoms with Gasteiger partial charge in [-0.25, -0.2) is 0 Å². The lowest BCUT2D eigenvalue weighted by molar-refractivity contribution is -0.118. The molecule has 1 heterocycles. The van der Waals surface area contributed by atoms with Gasteiger partial charge in [0.05, 0.1) is 6.10 Å². The summed E-state index contributed by atoms with van der Waals surface area (Å²) in [5, 5.41) is 3.02. The largest absolute Gasteiger partial charge is 0.458 e. The highest BCUT2D eigenvalue weighted by Gasteiger charge is 2.22. The number of anilines is 1. The van der Waals surface area contributed by atoms with E-state index >= 15 is 0 Å². The highest BCUT2D eigenvalue weighted by Crippen LogP contribution is 2.31. The van der Waals surface area contributed by atoms with Crippen LogP contribution in [0, 0.1) is 5.92 Å². The van der Waals surface area contributed by atoms with Crippen LogP contribution < -0.4 is 10.1 Å². The number of nitrogens with one attached hydrogen (secondary N) is 1. The van der Waals surface area contributed by atoms with Crippen molar-refractivity contribution in [1.29, 1.82) is 0 Å². The fourth-order valence-corrected chi connectivity index (χ4v) is 5.26. The Kier molecular flexibility index (Phi) is 15.2. The molecule has 3 aromatic rings. The minimum absolute atomic E-state index is 0.00905. The number of hydrogen-bond acceptors (Lipinski definition) is 4. The number of hydrogen-bond donors (Lipinski definition) is 1. The summed E-state index contributed by atoms with van der Waals surface area (Å²) in [5.41, 5.74) is 3.47. The van der Waals surface area contributed by atoms with Crippen molar-refractivity contribution in [1.82, 2.24) is 4.90 Å². The van der Waals surface area contributed by atoms with Gasteiger partial charge in [-0.15, -0.1) is 0 Å². The van der Waals surface area contributed by atoms with Crippen LogP contribution in [0.3, 0.4) is 0 Å². The molecule has 0 aliphatic carbocycles. The van der Waals surface area contributed by atoms with Gasteiger partial charge in [0.2, 0.25) is 5.91 Å². The van der Waals surface area contributed by atoms with E-state index in [0.717, 1.165) is 54.8 Å². The third-order valence-corrected chi connectivity index (χ3v) is 8.08. The Morgan fingerprint density at radius 3 is 2.36 bits per heavy atom. The van der Waals surface area contributed by atoms with Crippen molar-refractivity contribution in [3.63, 3.8) is 0 Å². The second-order valence-corrected chi connectivity index (χ2v) is 12.1. The van der Waals surface area contributed by atoms with Gasteiger partial charge in [0.1, 0.15) is 11.5 Å². The molecule has 3 aromatic carbocycles. The first-order chi connectivity index (χ1) is 21.3. The van der Waals surface area contributed by atoms with Crippen molar-refractivity contribution in [2.75, 3.05) is 32.1 Å². The number of halogens is 1. The maximum absolute atomic E-state index is 12.0. The zero-order valence-corrected chi connectivity index (χ0v) is 28.1. The van der Waals surface area contributed by atoms with Gasteiger partial charge in [-0.3, -0.25) is 4.79 Å². The van der Waals surface area contributed by atoms with Crippen LogP contribution in [0.15, 0.2) is 120 Å². The normalized spacial score (nSPS) is 14.8. The Morgan fingerprint density at radius 1 is 1.02 bits per heavy atom. The monoisotopic (exact) mass is 658 g/mol. The third kappa shape index (κ3) is 12.3. The van der Waals surface area contributed by atoms with Crippen LogP contribution in [0.1, 0.15) is 63.2 Å². The van der Waals surface area contributed by atoms with E-state index < -0.39 is 0 Å². The number of rotatable bonds is 12. The molecule has 1 atom stereocenters. The van der Waals surface area contributed by atoms with E-state index in [-0.39, 0.29) is 17.9 Å². The van der Waals surface area contributed by atoms with Crippen LogP contribution in [-0.4, -0.2) is 37.6 Å². The third-order valence-electron chi connectivity index (χ3n) is 7.55. The molecule has 1 aliphatic rings. The molecule has 1 N–H and O–H groups in total. The fraction of sp³-hybridized carbons (Fsp3) is 0.342. The predicted molar refractivity (Wildman–Crippen MR) is 187 cm³/mol. The van der Waals surface area contributed by atoms with Gasteiger partial charge >= 0.3 is 0 Å². The van der Waals surface area contributed by atoms with Crippen molar-refractivity contribution < 1.29 is 14.3 Å². The highest BCUT2D eigenvalue weighted by atomic mass is 79.9. The molecule has 1 amide bonds. The SMILES string of the molecule is C=C(/C=C\C=C/C)Oc1ccccc1.COC(CCN1CCC(c2cccc(NC(=O)C(C)C)c2)CC1)c1ccc(Br)cc1. The lowest BCUT2D eigenvalue weighted by Crippen LogP contribution is -2.34. The van der Waals surface area contributed by atoms with Gasteiger partial charge in [-0.1, -0.05) is 97.0 Å². The molecule has 5 nitrogen and oxygen atoms in total. The lowest BCUT2D eigenvalue weighted by Gasteiger charge is -2.33. The predicted octanol–water partition coefficient (Wildman–Crippen LogP) is 9.71. The maximum atomic E-state index is 12.0. The number of carbonyl (C=O) groups excluding carboxylic acids is 1. The molecule has 1 aliphatic heterocycles. The van der Waals surface area contributed by atoms with E-state index in [0.29, 0.717) is 11.7 Å². The first-order valence-corrected chi connectivity index (χ1v) is 16.2. The minimum atomic E-state index is -0.00905. The first-order valence-electron chi connectivity index (χ1n) is 15.4. The Hall–Kier alpha value is -3.45. The number of piperidine rings is 1. The topological polar surface area (TPSA) is 50.8 Å². The smallest absolute Gasteiger partial charge is 0.226 e. The number of nitrogens with zero attached hydrogens (tertiary/aromatic N) is 1. The molecule has 0 spiro atoms. The van der Waals surface area contributed by atoms with Gasteiger partial charge in [-0.05, 0) is 98.8 Å². The number of carbonyl (C=O) groups is 1. The molecule has 4 rings (SSSR count). The second kappa shape index (κ2) is 19.0. The maximum Gasteiger partial charge on any atom is 0.226 e. The Balaban J connectivity index is 0.000000317. The molecule has 0 saturated carbocycles. The molecular weight excluding hydrogens is 612 g/mol. The van der Waals surface area contributed by atoms with Crippen molar-refractivity contribution in [3.8, 4) is 5.75 Å². The Labute approximate surface area is 272 Å². The molecule has 1 fully saturated rings. The summed E-state index contributed by atoms with van der Waals surface area (Å²) in [5.74, 6) is 2.06. The molecule has 44 heavy (non-hydrogen) atoms. The summed E-state index contributed by atoms with van der Waals surface area (Å²) >= 11 is 3.50. The van der Waals surface area contributed by atoms with Gasteiger partial charge < -0.3 is 19.7 Å². The molecule has 1 saturated heterocycles. The van der Waals surface area contributed by atoms with Gasteiger partial charge in [0.25, 0.3) is 0 Å². The van der Waals surface area contributed by atoms with E-state index in [1.54, 1.807) is 7.11 Å². The zero-order valence-electron chi connectivity index (χ0n) is 26.5. The van der Waals surface area contributed by atoms with Crippen molar-refractivity contribution >= 4 is 27.5 Å². The van der Waals surface area contributed by atoms with E-state index in [9.17, 15) is 4.79 Å². The summed E-state index contributed by atoms with van der Waals surface area (Å²) in [6.45, 7) is 12.8. The van der Waals surface area contributed by atoms with Crippen LogP contribution in [-0.2, 0) is 9.53 Å². The molecule has 0 aromatic heterocycles. The molecule has 0 bridgehead atoms. The molecule has 0 radical (unpaired) electrons. The number of likely N-dealkylation sites (tertiary alicyclic amines) is 1. The van der Waals surface area contributed by atoms with Crippen LogP contribution in [0.4, 0.5) is 5.69 Å². The van der Waals surface area contributed by atoms with Gasteiger partial charge in [0.15, 0.2) is 0 Å². The molecule has 1 unspecified atom stereocenters. The summed E-state index contributed by atoms with van der Waals surface area (Å²) in [7, 11) is 1.80. The fourth-order valence-electron chi connectivity index (χ4n) is 4.99. The highest BCUT2D eigenvalue weighted by molar-refractivity contribution is 9.10. The van der Waals surface area contributed by atoms with Crippen LogP contribution >= 0.6 is 15.9 Å². The minimum Gasteiger partial charge on any atom is -0.458 e. The van der Waals surface area contributed by atoms with Crippen LogP contribution in [0.25, 0.3) is 0 Å². The first kappa shape index (κ1) is 35.0. The molecule has 6 heteroatoms. The number of ether oxygens (including phenoxy) is 2. The molecule has 234 valence electrons. The number of para-hydroxylation sites is 1. The van der Waals surface area contributed by atoms with E-state index in [2.05, 4.69) is 75.2 Å². The van der Waals surface area contributed by atoms with Crippen molar-refractivity contribution in [3.05, 3.63) is 131 Å². The van der Waals surface area contributed by atoms with E-state index in [1.807, 2.05) is 81.5 Å². The zero-order chi connectivity index (χ0) is 31.7. The average Bonchev–Trinajstić information content (AvgIpc) is 3.03. The average molecular weight is 660 g/mol.